The highest BCUT2D eigenvalue weighted by Crippen LogP contribution is 2.42. The number of aromatic nitrogens is 1. The third-order valence-corrected chi connectivity index (χ3v) is 3.83. The molecule has 0 saturated heterocycles. The first-order valence-electron chi connectivity index (χ1n) is 5.86. The Morgan fingerprint density at radius 1 is 1.42 bits per heavy atom. The van der Waals surface area contributed by atoms with Gasteiger partial charge in [0.2, 0.25) is 0 Å². The van der Waals surface area contributed by atoms with Crippen LogP contribution in [0.1, 0.15) is 34.3 Å². The number of nitrogens with zero attached hydrogens (tertiary/aromatic N) is 1. The molecule has 1 heterocycles. The van der Waals surface area contributed by atoms with Gasteiger partial charge in [-0.05, 0) is 12.8 Å². The maximum absolute atomic E-state index is 12.6. The number of halogens is 4. The van der Waals surface area contributed by atoms with Crippen LogP contribution in [0.3, 0.4) is 0 Å². The van der Waals surface area contributed by atoms with Crippen LogP contribution in [0.15, 0.2) is 0 Å². The summed E-state index contributed by atoms with van der Waals surface area (Å²) in [7, 11) is 0. The number of ether oxygens (including phenoxy) is 1. The molecule has 1 fully saturated rings. The summed E-state index contributed by atoms with van der Waals surface area (Å²) in [4.78, 5) is 5.21. The number of hydrogen-bond donors (Lipinski definition) is 1. The fraction of sp³-hybridized carbons (Fsp3) is 0.727. The van der Waals surface area contributed by atoms with Gasteiger partial charge in [-0.3, -0.25) is 0 Å². The standard InChI is InChI=1S/C11H14F4N2OS/c12-10(13)11(14,15)5-18-4-8-17-9(6-1-2-6)7(3-16)19-8/h6,10H,1-5,16H2. The van der Waals surface area contributed by atoms with Gasteiger partial charge < -0.3 is 10.5 Å². The van der Waals surface area contributed by atoms with Crippen molar-refractivity contribution < 1.29 is 22.3 Å². The number of hydrogen-bond acceptors (Lipinski definition) is 4. The summed E-state index contributed by atoms with van der Waals surface area (Å²) in [5.74, 6) is -3.71. The van der Waals surface area contributed by atoms with Gasteiger partial charge in [-0.25, -0.2) is 13.8 Å². The van der Waals surface area contributed by atoms with Crippen molar-refractivity contribution in [3.05, 3.63) is 15.6 Å². The summed E-state index contributed by atoms with van der Waals surface area (Å²) in [6, 6.07) is 0. The van der Waals surface area contributed by atoms with E-state index in [1.165, 1.54) is 11.3 Å². The molecule has 3 nitrogen and oxygen atoms in total. The van der Waals surface area contributed by atoms with Crippen LogP contribution in [0.2, 0.25) is 0 Å². The second-order valence-electron chi connectivity index (χ2n) is 4.45. The molecule has 0 bridgehead atoms. The number of alkyl halides is 4. The second kappa shape index (κ2) is 5.72. The first-order valence-corrected chi connectivity index (χ1v) is 6.68. The molecule has 1 aliphatic carbocycles. The lowest BCUT2D eigenvalue weighted by atomic mass is 10.2. The largest absolute Gasteiger partial charge is 0.368 e. The van der Waals surface area contributed by atoms with Crippen LogP contribution in [-0.4, -0.2) is 23.9 Å². The Hall–Kier alpha value is -0.730. The Morgan fingerprint density at radius 2 is 2.11 bits per heavy atom. The van der Waals surface area contributed by atoms with Gasteiger partial charge in [0.05, 0.1) is 12.3 Å². The van der Waals surface area contributed by atoms with Crippen molar-refractivity contribution in [3.8, 4) is 0 Å². The second-order valence-corrected chi connectivity index (χ2v) is 5.62. The summed E-state index contributed by atoms with van der Waals surface area (Å²) >= 11 is 1.29. The Kier molecular flexibility index (Phi) is 4.42. The van der Waals surface area contributed by atoms with Gasteiger partial charge in [0.1, 0.15) is 11.6 Å². The molecule has 0 atom stereocenters. The number of rotatable bonds is 7. The van der Waals surface area contributed by atoms with E-state index >= 15 is 0 Å². The minimum Gasteiger partial charge on any atom is -0.368 e. The van der Waals surface area contributed by atoms with Gasteiger partial charge in [0, 0.05) is 17.3 Å². The Bertz CT molecular complexity index is 434. The lowest BCUT2D eigenvalue weighted by Gasteiger charge is -2.14. The first-order chi connectivity index (χ1) is 8.94. The summed E-state index contributed by atoms with van der Waals surface area (Å²) in [6.07, 6.45) is -1.61. The van der Waals surface area contributed by atoms with Crippen molar-refractivity contribution in [2.75, 3.05) is 6.61 Å². The third-order valence-electron chi connectivity index (χ3n) is 2.76. The Morgan fingerprint density at radius 3 is 2.63 bits per heavy atom. The van der Waals surface area contributed by atoms with Crippen molar-refractivity contribution in [1.82, 2.24) is 4.98 Å². The maximum atomic E-state index is 12.6. The summed E-state index contributed by atoms with van der Waals surface area (Å²) in [5.41, 5.74) is 6.49. The first kappa shape index (κ1) is 14.7. The van der Waals surface area contributed by atoms with E-state index < -0.39 is 19.0 Å². The van der Waals surface area contributed by atoms with Crippen LogP contribution in [-0.2, 0) is 17.9 Å². The smallest absolute Gasteiger partial charge is 0.330 e. The Labute approximate surface area is 111 Å². The summed E-state index contributed by atoms with van der Waals surface area (Å²) in [6.45, 7) is -1.15. The van der Waals surface area contributed by atoms with Crippen LogP contribution in [0.5, 0.6) is 0 Å². The highest BCUT2D eigenvalue weighted by atomic mass is 32.1. The van der Waals surface area contributed by atoms with E-state index in [4.69, 9.17) is 5.73 Å². The monoisotopic (exact) mass is 298 g/mol. The number of nitrogens with two attached hydrogens (primary N) is 1. The topological polar surface area (TPSA) is 48.1 Å². The van der Waals surface area contributed by atoms with Crippen molar-refractivity contribution in [2.45, 2.75) is 44.3 Å². The van der Waals surface area contributed by atoms with Gasteiger partial charge in [0.15, 0.2) is 0 Å². The van der Waals surface area contributed by atoms with Crippen LogP contribution < -0.4 is 5.73 Å². The van der Waals surface area contributed by atoms with Gasteiger partial charge >= 0.3 is 12.3 Å². The molecule has 1 saturated carbocycles. The van der Waals surface area contributed by atoms with Gasteiger partial charge in [0.25, 0.3) is 0 Å². The molecular weight excluding hydrogens is 284 g/mol. The molecule has 0 unspecified atom stereocenters. The zero-order valence-electron chi connectivity index (χ0n) is 10.0. The van der Waals surface area contributed by atoms with Crippen molar-refractivity contribution >= 4 is 11.3 Å². The van der Waals surface area contributed by atoms with Crippen molar-refractivity contribution in [2.24, 2.45) is 5.73 Å². The van der Waals surface area contributed by atoms with E-state index in [0.29, 0.717) is 17.5 Å². The minimum absolute atomic E-state index is 0.188. The van der Waals surface area contributed by atoms with E-state index in [9.17, 15) is 17.6 Å². The predicted octanol–water partition coefficient (Wildman–Crippen LogP) is 2.90. The molecule has 0 aromatic carbocycles. The highest BCUT2D eigenvalue weighted by Gasteiger charge is 2.41. The average molecular weight is 298 g/mol. The minimum atomic E-state index is -4.12. The van der Waals surface area contributed by atoms with E-state index in [1.54, 1.807) is 0 Å². The molecule has 0 amide bonds. The van der Waals surface area contributed by atoms with E-state index in [0.717, 1.165) is 23.4 Å². The van der Waals surface area contributed by atoms with E-state index in [-0.39, 0.29) is 6.61 Å². The van der Waals surface area contributed by atoms with Crippen molar-refractivity contribution in [3.63, 3.8) is 0 Å². The lowest BCUT2D eigenvalue weighted by Crippen LogP contribution is -2.32. The van der Waals surface area contributed by atoms with Gasteiger partial charge in [-0.15, -0.1) is 11.3 Å². The van der Waals surface area contributed by atoms with Crippen molar-refractivity contribution in [1.29, 1.82) is 0 Å². The van der Waals surface area contributed by atoms with Crippen LogP contribution in [0.25, 0.3) is 0 Å². The molecule has 0 radical (unpaired) electrons. The zero-order chi connectivity index (χ0) is 14.0. The molecule has 0 spiro atoms. The van der Waals surface area contributed by atoms with E-state index in [2.05, 4.69) is 9.72 Å². The molecule has 1 aliphatic rings. The molecule has 1 aromatic rings. The molecule has 1 aromatic heterocycles. The third kappa shape index (κ3) is 3.64. The lowest BCUT2D eigenvalue weighted by molar-refractivity contribution is -0.168. The molecule has 8 heteroatoms. The molecule has 19 heavy (non-hydrogen) atoms. The average Bonchev–Trinajstić information content (AvgIpc) is 3.10. The number of thiazole rings is 1. The Balaban J connectivity index is 1.89. The predicted molar refractivity (Wildman–Crippen MR) is 62.6 cm³/mol. The molecular formula is C11H14F4N2OS. The quantitative estimate of drug-likeness (QED) is 0.787. The maximum Gasteiger partial charge on any atom is 0.330 e. The van der Waals surface area contributed by atoms with Gasteiger partial charge in [-0.1, -0.05) is 0 Å². The summed E-state index contributed by atoms with van der Waals surface area (Å²) in [5, 5.41) is 0.507. The SMILES string of the molecule is NCc1sc(COCC(F)(F)C(F)F)nc1C1CC1. The van der Waals surface area contributed by atoms with E-state index in [1.807, 2.05) is 0 Å². The van der Waals surface area contributed by atoms with Gasteiger partial charge in [-0.2, -0.15) is 8.78 Å². The highest BCUT2D eigenvalue weighted by molar-refractivity contribution is 7.11. The molecule has 0 aliphatic heterocycles. The van der Waals surface area contributed by atoms with Crippen LogP contribution in [0, 0.1) is 0 Å². The zero-order valence-corrected chi connectivity index (χ0v) is 10.9. The van der Waals surface area contributed by atoms with Crippen LogP contribution in [0.4, 0.5) is 17.6 Å². The molecule has 2 rings (SSSR count). The fourth-order valence-electron chi connectivity index (χ4n) is 1.64. The molecule has 2 N–H and O–H groups in total. The molecule has 108 valence electrons. The summed E-state index contributed by atoms with van der Waals surface area (Å²) < 4.78 is 53.7. The van der Waals surface area contributed by atoms with Crippen LogP contribution >= 0.6 is 11.3 Å². The fourth-order valence-corrected chi connectivity index (χ4v) is 2.61. The normalized spacial score (nSPS) is 16.3.